The van der Waals surface area contributed by atoms with Gasteiger partial charge in [0.15, 0.2) is 0 Å². The second-order valence-corrected chi connectivity index (χ2v) is 3.66. The fourth-order valence-electron chi connectivity index (χ4n) is 1.83. The summed E-state index contributed by atoms with van der Waals surface area (Å²) in [5, 5.41) is 9.94. The first-order valence-electron chi connectivity index (χ1n) is 4.64. The molecule has 1 aliphatic heterocycles. The minimum absolute atomic E-state index is 0.536. The van der Waals surface area contributed by atoms with Crippen molar-refractivity contribution in [3.05, 3.63) is 0 Å². The molecule has 0 radical (unpaired) electrons. The van der Waals surface area contributed by atoms with Crippen LogP contribution in [0.25, 0.3) is 0 Å². The van der Waals surface area contributed by atoms with E-state index in [1.165, 1.54) is 12.8 Å². The average Bonchev–Trinajstić information content (AvgIpc) is 2.37. The van der Waals surface area contributed by atoms with E-state index in [1.807, 2.05) is 6.92 Å². The molecule has 0 aliphatic carbocycles. The van der Waals surface area contributed by atoms with Gasteiger partial charge in [0.2, 0.25) is 0 Å². The van der Waals surface area contributed by atoms with Gasteiger partial charge in [-0.3, -0.25) is 4.90 Å². The zero-order chi connectivity index (χ0) is 8.32. The van der Waals surface area contributed by atoms with Crippen molar-refractivity contribution in [2.24, 2.45) is 0 Å². The standard InChI is InChI=1S/C9H19NO/c1-3-6-9(2,11)10-7-4-5-8-10/h11H,3-8H2,1-2H3. The second-order valence-electron chi connectivity index (χ2n) is 3.66. The highest BCUT2D eigenvalue weighted by Crippen LogP contribution is 2.22. The largest absolute Gasteiger partial charge is 0.376 e. The molecule has 1 aliphatic rings. The third-order valence-corrected chi connectivity index (χ3v) is 2.51. The van der Waals surface area contributed by atoms with Crippen LogP contribution in [-0.4, -0.2) is 28.8 Å². The molecule has 2 nitrogen and oxygen atoms in total. The van der Waals surface area contributed by atoms with Crippen molar-refractivity contribution < 1.29 is 5.11 Å². The summed E-state index contributed by atoms with van der Waals surface area (Å²) in [5.41, 5.74) is -0.536. The normalized spacial score (nSPS) is 25.4. The molecule has 0 aromatic carbocycles. The van der Waals surface area contributed by atoms with Gasteiger partial charge in [-0.05, 0) is 26.2 Å². The molecule has 0 saturated carbocycles. The smallest absolute Gasteiger partial charge is 0.115 e. The van der Waals surface area contributed by atoms with Crippen LogP contribution in [-0.2, 0) is 0 Å². The van der Waals surface area contributed by atoms with E-state index in [9.17, 15) is 5.11 Å². The van der Waals surface area contributed by atoms with Crippen LogP contribution in [0.1, 0.15) is 39.5 Å². The van der Waals surface area contributed by atoms with E-state index in [4.69, 9.17) is 0 Å². The first-order chi connectivity index (χ1) is 5.17. The Hall–Kier alpha value is -0.0800. The Morgan fingerprint density at radius 3 is 2.36 bits per heavy atom. The van der Waals surface area contributed by atoms with Gasteiger partial charge in [-0.25, -0.2) is 0 Å². The van der Waals surface area contributed by atoms with E-state index in [1.54, 1.807) is 0 Å². The molecular weight excluding hydrogens is 138 g/mol. The van der Waals surface area contributed by atoms with Gasteiger partial charge in [-0.15, -0.1) is 0 Å². The lowest BCUT2D eigenvalue weighted by atomic mass is 10.1. The van der Waals surface area contributed by atoms with Gasteiger partial charge in [-0.2, -0.15) is 0 Å². The third kappa shape index (κ3) is 2.17. The van der Waals surface area contributed by atoms with Gasteiger partial charge in [0, 0.05) is 13.1 Å². The van der Waals surface area contributed by atoms with Crippen molar-refractivity contribution in [1.82, 2.24) is 4.90 Å². The van der Waals surface area contributed by atoms with Gasteiger partial charge < -0.3 is 5.11 Å². The molecule has 11 heavy (non-hydrogen) atoms. The summed E-state index contributed by atoms with van der Waals surface area (Å²) >= 11 is 0. The Kier molecular flexibility index (Phi) is 2.90. The molecule has 66 valence electrons. The highest BCUT2D eigenvalue weighted by Gasteiger charge is 2.29. The predicted octanol–water partition coefficient (Wildman–Crippen LogP) is 1.59. The molecule has 0 bridgehead atoms. The molecule has 1 saturated heterocycles. The summed E-state index contributed by atoms with van der Waals surface area (Å²) in [6.07, 6.45) is 4.45. The molecule has 2 heteroatoms. The van der Waals surface area contributed by atoms with Gasteiger partial charge >= 0.3 is 0 Å². The number of likely N-dealkylation sites (tertiary alicyclic amines) is 1. The van der Waals surface area contributed by atoms with E-state index in [0.29, 0.717) is 0 Å². The molecule has 1 atom stereocenters. The SMILES string of the molecule is CCCC(C)(O)N1CCCC1. The molecule has 1 fully saturated rings. The third-order valence-electron chi connectivity index (χ3n) is 2.51. The Morgan fingerprint density at radius 1 is 1.36 bits per heavy atom. The number of nitrogens with zero attached hydrogens (tertiary/aromatic N) is 1. The molecule has 1 heterocycles. The average molecular weight is 157 g/mol. The Bertz CT molecular complexity index is 117. The second kappa shape index (κ2) is 3.55. The van der Waals surface area contributed by atoms with Gasteiger partial charge in [0.1, 0.15) is 5.72 Å². The van der Waals surface area contributed by atoms with Crippen molar-refractivity contribution in [1.29, 1.82) is 0 Å². The predicted molar refractivity (Wildman–Crippen MR) is 46.3 cm³/mol. The minimum Gasteiger partial charge on any atom is -0.376 e. The molecule has 0 spiro atoms. The summed E-state index contributed by atoms with van der Waals surface area (Å²) in [6, 6.07) is 0. The van der Waals surface area contributed by atoms with Crippen molar-refractivity contribution in [2.45, 2.75) is 45.3 Å². The Balaban J connectivity index is 2.41. The monoisotopic (exact) mass is 157 g/mol. The van der Waals surface area contributed by atoms with Crippen molar-refractivity contribution in [3.8, 4) is 0 Å². The van der Waals surface area contributed by atoms with Crippen LogP contribution in [0.3, 0.4) is 0 Å². The summed E-state index contributed by atoms with van der Waals surface area (Å²) in [4.78, 5) is 2.19. The molecule has 1 unspecified atom stereocenters. The fraction of sp³-hybridized carbons (Fsp3) is 1.00. The van der Waals surface area contributed by atoms with Crippen LogP contribution < -0.4 is 0 Å². The Morgan fingerprint density at radius 2 is 1.91 bits per heavy atom. The van der Waals surface area contributed by atoms with Crippen LogP contribution in [0.5, 0.6) is 0 Å². The quantitative estimate of drug-likeness (QED) is 0.672. The van der Waals surface area contributed by atoms with E-state index in [2.05, 4.69) is 11.8 Å². The molecule has 1 rings (SSSR count). The number of hydrogen-bond donors (Lipinski definition) is 1. The van der Waals surface area contributed by atoms with Crippen LogP contribution in [0, 0.1) is 0 Å². The van der Waals surface area contributed by atoms with E-state index >= 15 is 0 Å². The molecular formula is C9H19NO. The van der Waals surface area contributed by atoms with E-state index < -0.39 is 5.72 Å². The molecule has 0 aromatic heterocycles. The molecule has 0 amide bonds. The summed E-state index contributed by atoms with van der Waals surface area (Å²) in [5.74, 6) is 0. The van der Waals surface area contributed by atoms with Crippen molar-refractivity contribution in [2.75, 3.05) is 13.1 Å². The zero-order valence-electron chi connectivity index (χ0n) is 7.64. The molecule has 0 aromatic rings. The lowest BCUT2D eigenvalue weighted by Gasteiger charge is -2.33. The highest BCUT2D eigenvalue weighted by molar-refractivity contribution is 4.78. The van der Waals surface area contributed by atoms with Crippen molar-refractivity contribution >= 4 is 0 Å². The topological polar surface area (TPSA) is 23.5 Å². The maximum atomic E-state index is 9.94. The first kappa shape index (κ1) is 9.01. The lowest BCUT2D eigenvalue weighted by Crippen LogP contribution is -2.44. The Labute approximate surface area is 69.2 Å². The van der Waals surface area contributed by atoms with E-state index in [0.717, 1.165) is 25.9 Å². The number of aliphatic hydroxyl groups is 1. The number of rotatable bonds is 3. The van der Waals surface area contributed by atoms with Crippen LogP contribution in [0.15, 0.2) is 0 Å². The first-order valence-corrected chi connectivity index (χ1v) is 4.64. The maximum Gasteiger partial charge on any atom is 0.115 e. The summed E-state index contributed by atoms with van der Waals surface area (Å²) in [7, 11) is 0. The van der Waals surface area contributed by atoms with Crippen LogP contribution >= 0.6 is 0 Å². The highest BCUT2D eigenvalue weighted by atomic mass is 16.3. The van der Waals surface area contributed by atoms with Crippen LogP contribution in [0.4, 0.5) is 0 Å². The number of hydrogen-bond acceptors (Lipinski definition) is 2. The summed E-state index contributed by atoms with van der Waals surface area (Å²) in [6.45, 7) is 6.20. The molecule has 1 N–H and O–H groups in total. The minimum atomic E-state index is -0.536. The fourth-order valence-corrected chi connectivity index (χ4v) is 1.83. The van der Waals surface area contributed by atoms with E-state index in [-0.39, 0.29) is 0 Å². The van der Waals surface area contributed by atoms with Gasteiger partial charge in [0.25, 0.3) is 0 Å². The summed E-state index contributed by atoms with van der Waals surface area (Å²) < 4.78 is 0. The van der Waals surface area contributed by atoms with Gasteiger partial charge in [-0.1, -0.05) is 13.3 Å². The van der Waals surface area contributed by atoms with Crippen molar-refractivity contribution in [3.63, 3.8) is 0 Å². The van der Waals surface area contributed by atoms with Gasteiger partial charge in [0.05, 0.1) is 0 Å². The lowest BCUT2D eigenvalue weighted by molar-refractivity contribution is -0.0877. The maximum absolute atomic E-state index is 9.94. The van der Waals surface area contributed by atoms with Crippen LogP contribution in [0.2, 0.25) is 0 Å². The zero-order valence-corrected chi connectivity index (χ0v) is 7.64.